The molecule has 27 heavy (non-hydrogen) atoms. The minimum atomic E-state index is -0.345. The monoisotopic (exact) mass is 406 g/mol. The van der Waals surface area contributed by atoms with Crippen molar-refractivity contribution in [2.45, 2.75) is 19.6 Å². The lowest BCUT2D eigenvalue weighted by Gasteiger charge is -2.14. The summed E-state index contributed by atoms with van der Waals surface area (Å²) in [6.45, 7) is 4.61. The highest BCUT2D eigenvalue weighted by molar-refractivity contribution is 7.98. The van der Waals surface area contributed by atoms with Crippen LogP contribution in [-0.2, 0) is 10.5 Å². The molecule has 2 rings (SSSR count). The fourth-order valence-electron chi connectivity index (χ4n) is 2.40. The molecule has 0 amide bonds. The molecule has 0 unspecified atom stereocenters. The van der Waals surface area contributed by atoms with Gasteiger partial charge < -0.3 is 15.4 Å². The molecular weight excluding hydrogens is 383 g/mol. The molecule has 0 aliphatic heterocycles. The van der Waals surface area contributed by atoms with E-state index in [1.807, 2.05) is 19.1 Å². The molecule has 0 radical (unpaired) electrons. The summed E-state index contributed by atoms with van der Waals surface area (Å²) in [5, 5.41) is 6.71. The number of benzene rings is 2. The number of anilines is 1. The van der Waals surface area contributed by atoms with E-state index in [-0.39, 0.29) is 11.8 Å². The Morgan fingerprint density at radius 1 is 1.22 bits per heavy atom. The number of carbonyl (C=O) groups is 1. The number of halogens is 1. The molecule has 0 heterocycles. The molecule has 0 atom stereocenters. The quantitative estimate of drug-likeness (QED) is 0.382. The van der Waals surface area contributed by atoms with Gasteiger partial charge in [-0.3, -0.25) is 0 Å². The number of thioether (sulfide) groups is 1. The third-order valence-corrected chi connectivity index (χ3v) is 5.08. The first-order chi connectivity index (χ1) is 13.0. The molecule has 2 aromatic rings. The van der Waals surface area contributed by atoms with Crippen LogP contribution in [0.25, 0.3) is 0 Å². The number of nitrogens with one attached hydrogen (secondary N) is 2. The first kappa shape index (κ1) is 21.2. The van der Waals surface area contributed by atoms with Crippen LogP contribution in [0.5, 0.6) is 0 Å². The largest absolute Gasteiger partial charge is 0.462 e. The standard InChI is InChI=1S/C20H23FN2O2S2/c1-3-25-19(24)16-8-6-10-18(14(16)2)23-20(26)22-11-12-27-13-15-7-4-5-9-17(15)21/h4-10H,3,11-13H2,1-2H3,(H2,22,23,26). The molecule has 144 valence electrons. The van der Waals surface area contributed by atoms with Crippen LogP contribution in [0.1, 0.15) is 28.4 Å². The van der Waals surface area contributed by atoms with Gasteiger partial charge in [0.15, 0.2) is 5.11 Å². The van der Waals surface area contributed by atoms with Crippen LogP contribution in [0.4, 0.5) is 10.1 Å². The smallest absolute Gasteiger partial charge is 0.338 e. The molecule has 0 bridgehead atoms. The van der Waals surface area contributed by atoms with Crippen molar-refractivity contribution in [3.05, 3.63) is 65.0 Å². The first-order valence-corrected chi connectivity index (χ1v) is 10.2. The molecule has 0 saturated heterocycles. The topological polar surface area (TPSA) is 50.4 Å². The number of hydrogen-bond donors (Lipinski definition) is 2. The Morgan fingerprint density at radius 3 is 2.74 bits per heavy atom. The Hall–Kier alpha value is -2.12. The van der Waals surface area contributed by atoms with Gasteiger partial charge in [-0.2, -0.15) is 11.8 Å². The fourth-order valence-corrected chi connectivity index (χ4v) is 3.46. The predicted molar refractivity (Wildman–Crippen MR) is 114 cm³/mol. The summed E-state index contributed by atoms with van der Waals surface area (Å²) in [4.78, 5) is 12.0. The van der Waals surface area contributed by atoms with Gasteiger partial charge in [0, 0.05) is 23.7 Å². The SMILES string of the molecule is CCOC(=O)c1cccc(NC(=S)NCCSCc2ccccc2F)c1C. The number of ether oxygens (including phenoxy) is 1. The molecule has 0 aliphatic carbocycles. The van der Waals surface area contributed by atoms with E-state index in [4.69, 9.17) is 17.0 Å². The van der Waals surface area contributed by atoms with E-state index in [2.05, 4.69) is 10.6 Å². The zero-order chi connectivity index (χ0) is 19.6. The Kier molecular flexibility index (Phi) is 8.54. The normalized spacial score (nSPS) is 10.3. The van der Waals surface area contributed by atoms with E-state index in [1.165, 1.54) is 6.07 Å². The Morgan fingerprint density at radius 2 is 2.00 bits per heavy atom. The average molecular weight is 407 g/mol. The van der Waals surface area contributed by atoms with Gasteiger partial charge in [-0.1, -0.05) is 24.3 Å². The molecule has 2 N–H and O–H groups in total. The number of rotatable bonds is 8. The summed E-state index contributed by atoms with van der Waals surface area (Å²) in [5.74, 6) is 0.891. The van der Waals surface area contributed by atoms with Crippen LogP contribution in [0.15, 0.2) is 42.5 Å². The second-order valence-corrected chi connectivity index (χ2v) is 7.24. The first-order valence-electron chi connectivity index (χ1n) is 8.65. The summed E-state index contributed by atoms with van der Waals surface area (Å²) in [6.07, 6.45) is 0. The van der Waals surface area contributed by atoms with E-state index >= 15 is 0 Å². The van der Waals surface area contributed by atoms with Crippen LogP contribution in [0.2, 0.25) is 0 Å². The summed E-state index contributed by atoms with van der Waals surface area (Å²) in [6, 6.07) is 12.2. The molecule has 7 heteroatoms. The third-order valence-electron chi connectivity index (χ3n) is 3.82. The van der Waals surface area contributed by atoms with Gasteiger partial charge in [0.1, 0.15) is 5.82 Å². The fraction of sp³-hybridized carbons (Fsp3) is 0.300. The number of esters is 1. The van der Waals surface area contributed by atoms with Gasteiger partial charge in [-0.25, -0.2) is 9.18 Å². The maximum atomic E-state index is 13.6. The van der Waals surface area contributed by atoms with Gasteiger partial charge in [0.05, 0.1) is 12.2 Å². The van der Waals surface area contributed by atoms with Crippen molar-refractivity contribution in [1.82, 2.24) is 5.32 Å². The van der Waals surface area contributed by atoms with E-state index in [9.17, 15) is 9.18 Å². The maximum absolute atomic E-state index is 13.6. The Labute approximate surface area is 168 Å². The van der Waals surface area contributed by atoms with Gasteiger partial charge in [0.25, 0.3) is 0 Å². The molecular formula is C20H23FN2O2S2. The van der Waals surface area contributed by atoms with Crippen molar-refractivity contribution in [3.63, 3.8) is 0 Å². The van der Waals surface area contributed by atoms with Crippen LogP contribution >= 0.6 is 24.0 Å². The molecule has 0 saturated carbocycles. The molecule has 4 nitrogen and oxygen atoms in total. The number of hydrogen-bond acceptors (Lipinski definition) is 4. The van der Waals surface area contributed by atoms with Crippen LogP contribution in [-0.4, -0.2) is 30.0 Å². The Balaban J connectivity index is 1.78. The van der Waals surface area contributed by atoms with Gasteiger partial charge in [-0.05, 0) is 55.4 Å². The van der Waals surface area contributed by atoms with Crippen LogP contribution < -0.4 is 10.6 Å². The second kappa shape index (κ2) is 10.9. The zero-order valence-electron chi connectivity index (χ0n) is 15.4. The van der Waals surface area contributed by atoms with Crippen molar-refractivity contribution >= 4 is 40.7 Å². The van der Waals surface area contributed by atoms with Gasteiger partial charge in [0.2, 0.25) is 0 Å². The summed E-state index contributed by atoms with van der Waals surface area (Å²) in [7, 11) is 0. The summed E-state index contributed by atoms with van der Waals surface area (Å²) in [5.41, 5.74) is 2.77. The van der Waals surface area contributed by atoms with Crippen molar-refractivity contribution in [3.8, 4) is 0 Å². The number of carbonyl (C=O) groups excluding carboxylic acids is 1. The molecule has 0 spiro atoms. The van der Waals surface area contributed by atoms with E-state index in [1.54, 1.807) is 43.0 Å². The highest BCUT2D eigenvalue weighted by atomic mass is 32.2. The predicted octanol–water partition coefficient (Wildman–Crippen LogP) is 4.53. The second-order valence-electron chi connectivity index (χ2n) is 5.72. The van der Waals surface area contributed by atoms with Gasteiger partial charge >= 0.3 is 5.97 Å². The van der Waals surface area contributed by atoms with Crippen molar-refractivity contribution < 1.29 is 13.9 Å². The summed E-state index contributed by atoms with van der Waals surface area (Å²) >= 11 is 6.94. The minimum absolute atomic E-state index is 0.174. The molecule has 2 aromatic carbocycles. The minimum Gasteiger partial charge on any atom is -0.462 e. The lowest BCUT2D eigenvalue weighted by molar-refractivity contribution is 0.0525. The molecule has 0 aromatic heterocycles. The highest BCUT2D eigenvalue weighted by Gasteiger charge is 2.13. The molecule has 0 aliphatic rings. The van der Waals surface area contributed by atoms with E-state index < -0.39 is 0 Å². The Bertz CT molecular complexity index is 799. The lowest BCUT2D eigenvalue weighted by Crippen LogP contribution is -2.30. The third kappa shape index (κ3) is 6.52. The van der Waals surface area contributed by atoms with E-state index in [0.717, 1.165) is 17.0 Å². The van der Waals surface area contributed by atoms with Crippen molar-refractivity contribution in [2.24, 2.45) is 0 Å². The average Bonchev–Trinajstić information content (AvgIpc) is 2.65. The van der Waals surface area contributed by atoms with Crippen molar-refractivity contribution in [2.75, 3.05) is 24.2 Å². The lowest BCUT2D eigenvalue weighted by atomic mass is 10.1. The van der Waals surface area contributed by atoms with Crippen LogP contribution in [0, 0.1) is 12.7 Å². The van der Waals surface area contributed by atoms with Gasteiger partial charge in [-0.15, -0.1) is 0 Å². The maximum Gasteiger partial charge on any atom is 0.338 e. The summed E-state index contributed by atoms with van der Waals surface area (Å²) < 4.78 is 18.6. The van der Waals surface area contributed by atoms with Crippen LogP contribution in [0.3, 0.4) is 0 Å². The number of thiocarbonyl (C=S) groups is 1. The highest BCUT2D eigenvalue weighted by Crippen LogP contribution is 2.20. The molecule has 0 fully saturated rings. The van der Waals surface area contributed by atoms with Crippen molar-refractivity contribution in [1.29, 1.82) is 0 Å². The zero-order valence-corrected chi connectivity index (χ0v) is 17.0. The van der Waals surface area contributed by atoms with E-state index in [0.29, 0.717) is 35.1 Å².